The van der Waals surface area contributed by atoms with Crippen molar-refractivity contribution in [1.29, 1.82) is 0 Å². The molecule has 124 valence electrons. The third-order valence-corrected chi connectivity index (χ3v) is 4.04. The summed E-state index contributed by atoms with van der Waals surface area (Å²) in [7, 11) is 1.62. The van der Waals surface area contributed by atoms with Gasteiger partial charge < -0.3 is 14.9 Å². The van der Waals surface area contributed by atoms with E-state index >= 15 is 0 Å². The van der Waals surface area contributed by atoms with E-state index in [0.717, 1.165) is 22.6 Å². The molecule has 0 aliphatic carbocycles. The predicted molar refractivity (Wildman–Crippen MR) is 92.0 cm³/mol. The normalized spacial score (nSPS) is 17.6. The van der Waals surface area contributed by atoms with Crippen LogP contribution < -0.4 is 10.1 Å². The Kier molecular flexibility index (Phi) is 4.79. The van der Waals surface area contributed by atoms with E-state index in [1.165, 1.54) is 0 Å². The Bertz CT molecular complexity index is 726. The van der Waals surface area contributed by atoms with Crippen molar-refractivity contribution >= 4 is 11.6 Å². The summed E-state index contributed by atoms with van der Waals surface area (Å²) in [6.45, 7) is 1.95. The minimum Gasteiger partial charge on any atom is -0.497 e. The third-order valence-electron chi connectivity index (χ3n) is 4.04. The number of nitrogens with zero attached hydrogens (tertiary/aromatic N) is 1. The molecule has 1 amide bonds. The summed E-state index contributed by atoms with van der Waals surface area (Å²) >= 11 is 0. The second kappa shape index (κ2) is 7.17. The van der Waals surface area contributed by atoms with Gasteiger partial charge in [-0.3, -0.25) is 4.79 Å². The molecule has 2 aromatic rings. The van der Waals surface area contributed by atoms with Crippen LogP contribution in [0.1, 0.15) is 30.5 Å². The first kappa shape index (κ1) is 16.1. The van der Waals surface area contributed by atoms with Crippen molar-refractivity contribution in [2.75, 3.05) is 7.11 Å². The highest BCUT2D eigenvalue weighted by Gasteiger charge is 2.29. The van der Waals surface area contributed by atoms with E-state index in [9.17, 15) is 4.79 Å². The second-order valence-corrected chi connectivity index (χ2v) is 5.71. The fraction of sp³-hybridized carbons (Fsp3) is 0.263. The first-order valence-electron chi connectivity index (χ1n) is 7.90. The fourth-order valence-electron chi connectivity index (χ4n) is 2.60. The number of methoxy groups -OCH3 is 1. The number of ether oxygens (including phenoxy) is 1. The van der Waals surface area contributed by atoms with Gasteiger partial charge in [-0.25, -0.2) is 0 Å². The molecule has 5 nitrogen and oxygen atoms in total. The number of amides is 1. The number of carbonyl (C=O) groups excluding carboxylic acids is 1. The van der Waals surface area contributed by atoms with Crippen molar-refractivity contribution in [2.24, 2.45) is 5.16 Å². The van der Waals surface area contributed by atoms with Gasteiger partial charge >= 0.3 is 0 Å². The Hall–Kier alpha value is -2.82. The van der Waals surface area contributed by atoms with Gasteiger partial charge in [0.25, 0.3) is 5.91 Å². The zero-order valence-electron chi connectivity index (χ0n) is 13.7. The maximum Gasteiger partial charge on any atom is 0.264 e. The van der Waals surface area contributed by atoms with Crippen LogP contribution in [0.3, 0.4) is 0 Å². The Morgan fingerprint density at radius 3 is 2.58 bits per heavy atom. The number of rotatable bonds is 5. The molecule has 0 saturated heterocycles. The molecule has 0 saturated carbocycles. The maximum absolute atomic E-state index is 12.4. The molecule has 1 aliphatic rings. The van der Waals surface area contributed by atoms with Crippen LogP contribution in [-0.4, -0.2) is 24.8 Å². The summed E-state index contributed by atoms with van der Waals surface area (Å²) in [6, 6.07) is 17.3. The lowest BCUT2D eigenvalue weighted by Gasteiger charge is -2.16. The van der Waals surface area contributed by atoms with Crippen molar-refractivity contribution in [3.63, 3.8) is 0 Å². The van der Waals surface area contributed by atoms with Gasteiger partial charge in [0.2, 0.25) is 6.10 Å². The van der Waals surface area contributed by atoms with E-state index in [1.807, 2.05) is 61.5 Å². The van der Waals surface area contributed by atoms with E-state index < -0.39 is 6.10 Å². The van der Waals surface area contributed by atoms with Crippen LogP contribution in [0.4, 0.5) is 0 Å². The van der Waals surface area contributed by atoms with Crippen molar-refractivity contribution in [3.8, 4) is 5.75 Å². The number of hydrogen-bond acceptors (Lipinski definition) is 4. The molecular weight excluding hydrogens is 304 g/mol. The molecule has 0 bridgehead atoms. The van der Waals surface area contributed by atoms with Gasteiger partial charge in [0.1, 0.15) is 5.75 Å². The molecule has 2 aromatic carbocycles. The lowest BCUT2D eigenvalue weighted by Crippen LogP contribution is -2.36. The van der Waals surface area contributed by atoms with Gasteiger partial charge in [0.15, 0.2) is 0 Å². The first-order chi connectivity index (χ1) is 11.7. The van der Waals surface area contributed by atoms with Crippen LogP contribution in [0, 0.1) is 0 Å². The van der Waals surface area contributed by atoms with Crippen LogP contribution in [0.15, 0.2) is 59.8 Å². The molecule has 2 atom stereocenters. The van der Waals surface area contributed by atoms with Crippen molar-refractivity contribution < 1.29 is 14.4 Å². The van der Waals surface area contributed by atoms with Crippen LogP contribution >= 0.6 is 0 Å². The Morgan fingerprint density at radius 1 is 1.21 bits per heavy atom. The van der Waals surface area contributed by atoms with E-state index in [0.29, 0.717) is 6.42 Å². The van der Waals surface area contributed by atoms with E-state index in [4.69, 9.17) is 9.57 Å². The molecule has 0 spiro atoms. The molecule has 24 heavy (non-hydrogen) atoms. The molecule has 3 rings (SSSR count). The number of hydrogen-bond donors (Lipinski definition) is 1. The van der Waals surface area contributed by atoms with Gasteiger partial charge in [0, 0.05) is 6.42 Å². The Morgan fingerprint density at radius 2 is 1.92 bits per heavy atom. The molecule has 1 heterocycles. The van der Waals surface area contributed by atoms with Gasteiger partial charge in [-0.15, -0.1) is 0 Å². The van der Waals surface area contributed by atoms with Crippen molar-refractivity contribution in [1.82, 2.24) is 5.32 Å². The van der Waals surface area contributed by atoms with Gasteiger partial charge in [-0.1, -0.05) is 35.5 Å². The molecular formula is C19H20N2O3. The molecule has 1 N–H and O–H groups in total. The lowest BCUT2D eigenvalue weighted by atomic mass is 10.0. The monoisotopic (exact) mass is 324 g/mol. The highest BCUT2D eigenvalue weighted by atomic mass is 16.6. The van der Waals surface area contributed by atoms with Crippen LogP contribution in [0.5, 0.6) is 5.75 Å². The summed E-state index contributed by atoms with van der Waals surface area (Å²) in [5.41, 5.74) is 2.76. The average Bonchev–Trinajstić information content (AvgIpc) is 3.13. The van der Waals surface area contributed by atoms with E-state index in [2.05, 4.69) is 10.5 Å². The number of oxime groups is 1. The molecule has 5 heteroatoms. The topological polar surface area (TPSA) is 59.9 Å². The van der Waals surface area contributed by atoms with Crippen molar-refractivity contribution in [2.45, 2.75) is 25.5 Å². The van der Waals surface area contributed by atoms with Gasteiger partial charge in [0.05, 0.1) is 18.9 Å². The zero-order chi connectivity index (χ0) is 16.9. The smallest absolute Gasteiger partial charge is 0.264 e. The van der Waals surface area contributed by atoms with Crippen LogP contribution in [-0.2, 0) is 9.63 Å². The minimum absolute atomic E-state index is 0.0765. The minimum atomic E-state index is -0.590. The quantitative estimate of drug-likeness (QED) is 0.919. The van der Waals surface area contributed by atoms with E-state index in [1.54, 1.807) is 7.11 Å². The highest BCUT2D eigenvalue weighted by Crippen LogP contribution is 2.20. The third kappa shape index (κ3) is 3.56. The summed E-state index contributed by atoms with van der Waals surface area (Å²) in [5, 5.41) is 7.03. The number of benzene rings is 2. The molecule has 0 unspecified atom stereocenters. The largest absolute Gasteiger partial charge is 0.497 e. The Labute approximate surface area is 141 Å². The zero-order valence-corrected chi connectivity index (χ0v) is 13.7. The predicted octanol–water partition coefficient (Wildman–Crippen LogP) is 3.07. The fourth-order valence-corrected chi connectivity index (χ4v) is 2.60. The summed E-state index contributed by atoms with van der Waals surface area (Å²) in [4.78, 5) is 17.7. The Balaban J connectivity index is 1.58. The molecule has 0 radical (unpaired) electrons. The van der Waals surface area contributed by atoms with Gasteiger partial charge in [-0.2, -0.15) is 0 Å². The summed E-state index contributed by atoms with van der Waals surface area (Å²) in [6.07, 6.45) is -0.132. The molecule has 1 aliphatic heterocycles. The second-order valence-electron chi connectivity index (χ2n) is 5.71. The van der Waals surface area contributed by atoms with E-state index in [-0.39, 0.29) is 11.9 Å². The average molecular weight is 324 g/mol. The number of nitrogens with one attached hydrogen (secondary N) is 1. The maximum atomic E-state index is 12.4. The highest BCUT2D eigenvalue weighted by molar-refractivity contribution is 6.04. The van der Waals surface area contributed by atoms with Crippen LogP contribution in [0.25, 0.3) is 0 Å². The summed E-state index contributed by atoms with van der Waals surface area (Å²) < 4.78 is 5.14. The lowest BCUT2D eigenvalue weighted by molar-refractivity contribution is -0.131. The van der Waals surface area contributed by atoms with Gasteiger partial charge in [-0.05, 0) is 42.3 Å². The standard InChI is InChI=1S/C19H20N2O3/c1-13(14-6-4-3-5-7-14)20-19(22)18-12-17(21-24-18)15-8-10-16(23-2)11-9-15/h3-11,13,18H,12H2,1-2H3,(H,20,22)/t13-,18-/m0/s1. The molecule has 0 aromatic heterocycles. The first-order valence-corrected chi connectivity index (χ1v) is 7.90. The van der Waals surface area contributed by atoms with Crippen molar-refractivity contribution in [3.05, 3.63) is 65.7 Å². The molecule has 0 fully saturated rings. The SMILES string of the molecule is COc1ccc(C2=NO[C@H](C(=O)N[C@@H](C)c3ccccc3)C2)cc1. The summed E-state index contributed by atoms with van der Waals surface area (Å²) in [5.74, 6) is 0.628. The van der Waals surface area contributed by atoms with Crippen LogP contribution in [0.2, 0.25) is 0 Å². The number of carbonyl (C=O) groups is 1.